The average molecular weight is 167 g/mol. The molecular formula is C11H21N. The van der Waals surface area contributed by atoms with E-state index in [0.29, 0.717) is 0 Å². The van der Waals surface area contributed by atoms with Gasteiger partial charge in [0.15, 0.2) is 0 Å². The van der Waals surface area contributed by atoms with Gasteiger partial charge in [-0.05, 0) is 30.1 Å². The quantitative estimate of drug-likeness (QED) is 0.680. The molecule has 1 aliphatic heterocycles. The van der Waals surface area contributed by atoms with Gasteiger partial charge in [0.05, 0.1) is 0 Å². The highest BCUT2D eigenvalue weighted by Crippen LogP contribution is 2.51. The molecule has 1 heterocycles. The SMILES string of the molecule is CCCC(C)C1CC2(CNC2)C1. The molecule has 12 heavy (non-hydrogen) atoms. The Bertz CT molecular complexity index is 152. The zero-order valence-electron chi connectivity index (χ0n) is 8.40. The molecule has 1 N–H and O–H groups in total. The first-order valence-corrected chi connectivity index (χ1v) is 5.46. The van der Waals surface area contributed by atoms with Crippen LogP contribution in [0.25, 0.3) is 0 Å². The minimum absolute atomic E-state index is 0.784. The van der Waals surface area contributed by atoms with E-state index >= 15 is 0 Å². The van der Waals surface area contributed by atoms with Gasteiger partial charge < -0.3 is 5.32 Å². The Balaban J connectivity index is 1.73. The Kier molecular flexibility index (Phi) is 2.16. The summed E-state index contributed by atoms with van der Waals surface area (Å²) in [6, 6.07) is 0. The third kappa shape index (κ3) is 1.28. The maximum Gasteiger partial charge on any atom is 0.00204 e. The maximum atomic E-state index is 3.40. The van der Waals surface area contributed by atoms with Crippen LogP contribution in [0.15, 0.2) is 0 Å². The van der Waals surface area contributed by atoms with Gasteiger partial charge >= 0.3 is 0 Å². The highest BCUT2D eigenvalue weighted by atomic mass is 15.0. The lowest BCUT2D eigenvalue weighted by Crippen LogP contribution is -2.61. The Labute approximate surface area is 75.9 Å². The Morgan fingerprint density at radius 1 is 1.42 bits per heavy atom. The van der Waals surface area contributed by atoms with Crippen LogP contribution >= 0.6 is 0 Å². The van der Waals surface area contributed by atoms with Crippen LogP contribution in [-0.2, 0) is 0 Å². The summed E-state index contributed by atoms with van der Waals surface area (Å²) in [5.41, 5.74) is 0.784. The van der Waals surface area contributed by atoms with E-state index in [1.54, 1.807) is 0 Å². The maximum absolute atomic E-state index is 3.40. The van der Waals surface area contributed by atoms with E-state index < -0.39 is 0 Å². The minimum Gasteiger partial charge on any atom is -0.316 e. The van der Waals surface area contributed by atoms with Gasteiger partial charge in [0.1, 0.15) is 0 Å². The number of rotatable bonds is 3. The highest BCUT2D eigenvalue weighted by molar-refractivity contribution is 5.03. The summed E-state index contributed by atoms with van der Waals surface area (Å²) in [4.78, 5) is 0. The van der Waals surface area contributed by atoms with Crippen LogP contribution in [0.3, 0.4) is 0 Å². The molecule has 0 radical (unpaired) electrons. The molecule has 1 unspecified atom stereocenters. The number of hydrogen-bond donors (Lipinski definition) is 1. The van der Waals surface area contributed by atoms with E-state index in [0.717, 1.165) is 17.3 Å². The molecule has 2 fully saturated rings. The molecule has 2 rings (SSSR count). The van der Waals surface area contributed by atoms with Crippen LogP contribution in [0.1, 0.15) is 39.5 Å². The molecule has 0 bridgehead atoms. The van der Waals surface area contributed by atoms with Crippen molar-refractivity contribution < 1.29 is 0 Å². The molecule has 0 amide bonds. The minimum atomic E-state index is 0.784. The topological polar surface area (TPSA) is 12.0 Å². The smallest absolute Gasteiger partial charge is 0.00204 e. The van der Waals surface area contributed by atoms with Crippen molar-refractivity contribution in [2.75, 3.05) is 13.1 Å². The van der Waals surface area contributed by atoms with Crippen molar-refractivity contribution in [2.45, 2.75) is 39.5 Å². The van der Waals surface area contributed by atoms with Gasteiger partial charge in [-0.1, -0.05) is 26.7 Å². The molecule has 70 valence electrons. The van der Waals surface area contributed by atoms with Crippen LogP contribution < -0.4 is 5.32 Å². The molecule has 0 aromatic heterocycles. The van der Waals surface area contributed by atoms with Crippen molar-refractivity contribution in [3.63, 3.8) is 0 Å². The predicted molar refractivity (Wildman–Crippen MR) is 52.1 cm³/mol. The van der Waals surface area contributed by atoms with Crippen LogP contribution in [0.4, 0.5) is 0 Å². The van der Waals surface area contributed by atoms with Crippen LogP contribution in [0, 0.1) is 17.3 Å². The van der Waals surface area contributed by atoms with E-state index in [9.17, 15) is 0 Å². The molecule has 1 atom stereocenters. The number of nitrogens with one attached hydrogen (secondary N) is 1. The normalized spacial score (nSPS) is 29.5. The van der Waals surface area contributed by atoms with Gasteiger partial charge in [-0.2, -0.15) is 0 Å². The first-order chi connectivity index (χ1) is 5.76. The Morgan fingerprint density at radius 2 is 2.08 bits per heavy atom. The third-order valence-corrected chi connectivity index (χ3v) is 3.94. The van der Waals surface area contributed by atoms with Gasteiger partial charge in [0.25, 0.3) is 0 Å². The van der Waals surface area contributed by atoms with Crippen molar-refractivity contribution in [3.8, 4) is 0 Å². The second-order valence-electron chi connectivity index (χ2n) is 5.04. The molecule has 2 aliphatic rings. The van der Waals surface area contributed by atoms with E-state index in [-0.39, 0.29) is 0 Å². The molecule has 1 spiro atoms. The summed E-state index contributed by atoms with van der Waals surface area (Å²) in [7, 11) is 0. The van der Waals surface area contributed by atoms with Crippen molar-refractivity contribution in [1.82, 2.24) is 5.32 Å². The van der Waals surface area contributed by atoms with E-state index in [1.807, 2.05) is 0 Å². The summed E-state index contributed by atoms with van der Waals surface area (Å²) in [5.74, 6) is 2.05. The molecule has 1 saturated heterocycles. The summed E-state index contributed by atoms with van der Waals surface area (Å²) in [6.07, 6.45) is 5.83. The third-order valence-electron chi connectivity index (χ3n) is 3.94. The standard InChI is InChI=1S/C11H21N/c1-3-4-9(2)10-5-11(6-10)7-12-8-11/h9-10,12H,3-8H2,1-2H3. The Hall–Kier alpha value is -0.0400. The van der Waals surface area contributed by atoms with Gasteiger partial charge in [0, 0.05) is 13.1 Å². The molecule has 1 saturated carbocycles. The first-order valence-electron chi connectivity index (χ1n) is 5.46. The van der Waals surface area contributed by atoms with E-state index in [4.69, 9.17) is 0 Å². The van der Waals surface area contributed by atoms with Crippen molar-refractivity contribution in [2.24, 2.45) is 17.3 Å². The first kappa shape index (κ1) is 8.55. The second-order valence-corrected chi connectivity index (χ2v) is 5.04. The lowest BCUT2D eigenvalue weighted by atomic mass is 9.55. The fraction of sp³-hybridized carbons (Fsp3) is 1.00. The van der Waals surface area contributed by atoms with E-state index in [1.165, 1.54) is 38.8 Å². The fourth-order valence-electron chi connectivity index (χ4n) is 2.91. The summed E-state index contributed by atoms with van der Waals surface area (Å²) in [5, 5.41) is 3.40. The van der Waals surface area contributed by atoms with E-state index in [2.05, 4.69) is 19.2 Å². The van der Waals surface area contributed by atoms with Crippen molar-refractivity contribution in [3.05, 3.63) is 0 Å². The molecule has 0 aromatic rings. The lowest BCUT2D eigenvalue weighted by Gasteiger charge is -2.56. The summed E-state index contributed by atoms with van der Waals surface area (Å²) < 4.78 is 0. The van der Waals surface area contributed by atoms with Gasteiger partial charge in [-0.15, -0.1) is 0 Å². The largest absolute Gasteiger partial charge is 0.316 e. The molecule has 1 aliphatic carbocycles. The lowest BCUT2D eigenvalue weighted by molar-refractivity contribution is -0.0261. The zero-order valence-corrected chi connectivity index (χ0v) is 8.40. The molecular weight excluding hydrogens is 146 g/mol. The van der Waals surface area contributed by atoms with Crippen LogP contribution in [0.5, 0.6) is 0 Å². The average Bonchev–Trinajstić information content (AvgIpc) is 1.81. The van der Waals surface area contributed by atoms with Crippen molar-refractivity contribution >= 4 is 0 Å². The van der Waals surface area contributed by atoms with Crippen LogP contribution in [-0.4, -0.2) is 13.1 Å². The molecule has 1 heteroatoms. The zero-order chi connectivity index (χ0) is 8.60. The van der Waals surface area contributed by atoms with Gasteiger partial charge in [0.2, 0.25) is 0 Å². The number of hydrogen-bond acceptors (Lipinski definition) is 1. The fourth-order valence-corrected chi connectivity index (χ4v) is 2.91. The Morgan fingerprint density at radius 3 is 2.50 bits per heavy atom. The van der Waals surface area contributed by atoms with Crippen molar-refractivity contribution in [1.29, 1.82) is 0 Å². The summed E-state index contributed by atoms with van der Waals surface area (Å²) >= 11 is 0. The predicted octanol–water partition coefficient (Wildman–Crippen LogP) is 2.42. The summed E-state index contributed by atoms with van der Waals surface area (Å²) in [6.45, 7) is 7.35. The molecule has 0 aromatic carbocycles. The molecule has 1 nitrogen and oxygen atoms in total. The monoisotopic (exact) mass is 167 g/mol. The van der Waals surface area contributed by atoms with Gasteiger partial charge in [-0.25, -0.2) is 0 Å². The highest BCUT2D eigenvalue weighted by Gasteiger charge is 2.49. The van der Waals surface area contributed by atoms with Crippen LogP contribution in [0.2, 0.25) is 0 Å². The van der Waals surface area contributed by atoms with Gasteiger partial charge in [-0.3, -0.25) is 0 Å². The second kappa shape index (κ2) is 3.02.